The molecule has 0 fully saturated rings. The highest BCUT2D eigenvalue weighted by atomic mass is 19.2. The Labute approximate surface area is 98.6 Å². The number of nitrogens with two attached hydrogens (primary N) is 1. The van der Waals surface area contributed by atoms with Crippen LogP contribution in [0.25, 0.3) is 0 Å². The molecule has 0 aliphatic rings. The summed E-state index contributed by atoms with van der Waals surface area (Å²) in [6, 6.07) is 1.26. The van der Waals surface area contributed by atoms with Crippen LogP contribution in [0.4, 0.5) is 13.2 Å². The largest absolute Gasteiger partial charge is 0.379 e. The van der Waals surface area contributed by atoms with Crippen LogP contribution in [0, 0.1) is 17.5 Å². The number of benzene rings is 1. The molecule has 0 amide bonds. The third-order valence-corrected chi connectivity index (χ3v) is 2.31. The molecule has 1 unspecified atom stereocenters. The highest BCUT2D eigenvalue weighted by molar-refractivity contribution is 5.22. The van der Waals surface area contributed by atoms with E-state index < -0.39 is 23.5 Å². The highest BCUT2D eigenvalue weighted by Crippen LogP contribution is 2.20. The third kappa shape index (κ3) is 4.02. The molecule has 0 saturated carbocycles. The van der Waals surface area contributed by atoms with Gasteiger partial charge in [-0.2, -0.15) is 0 Å². The van der Waals surface area contributed by atoms with Gasteiger partial charge < -0.3 is 10.5 Å². The number of hydrogen-bond acceptors (Lipinski definition) is 2. The second kappa shape index (κ2) is 6.02. The smallest absolute Gasteiger partial charge is 0.194 e. The molecule has 0 spiro atoms. The maximum atomic E-state index is 12.9. The van der Waals surface area contributed by atoms with E-state index in [0.717, 1.165) is 12.1 Å². The minimum absolute atomic E-state index is 0.0730. The van der Waals surface area contributed by atoms with Gasteiger partial charge in [0.25, 0.3) is 0 Å². The van der Waals surface area contributed by atoms with Crippen molar-refractivity contribution in [3.8, 4) is 0 Å². The van der Waals surface area contributed by atoms with Gasteiger partial charge in [-0.1, -0.05) is 0 Å². The van der Waals surface area contributed by atoms with Crippen molar-refractivity contribution in [3.05, 3.63) is 35.1 Å². The number of hydrogen-bond donors (Lipinski definition) is 1. The van der Waals surface area contributed by atoms with Crippen LogP contribution >= 0.6 is 0 Å². The molecule has 0 aliphatic carbocycles. The minimum Gasteiger partial charge on any atom is -0.379 e. The van der Waals surface area contributed by atoms with E-state index in [2.05, 4.69) is 0 Å². The number of halogens is 3. The van der Waals surface area contributed by atoms with Gasteiger partial charge in [0.05, 0.1) is 6.10 Å². The predicted octanol–water partition coefficient (Wildman–Crippen LogP) is 2.92. The van der Waals surface area contributed by atoms with Gasteiger partial charge in [0.2, 0.25) is 0 Å². The van der Waals surface area contributed by atoms with Gasteiger partial charge in [-0.25, -0.2) is 13.2 Å². The van der Waals surface area contributed by atoms with Crippen LogP contribution in [-0.4, -0.2) is 12.7 Å². The van der Waals surface area contributed by atoms with Crippen molar-refractivity contribution in [3.63, 3.8) is 0 Å². The van der Waals surface area contributed by atoms with Gasteiger partial charge in [-0.3, -0.25) is 0 Å². The number of rotatable bonds is 5. The SMILES string of the molecule is CC(C)OCCC(N)c1cc(F)c(F)c(F)c1. The Morgan fingerprint density at radius 3 is 2.18 bits per heavy atom. The summed E-state index contributed by atoms with van der Waals surface area (Å²) in [6.07, 6.45) is 0.492. The third-order valence-electron chi connectivity index (χ3n) is 2.31. The zero-order valence-electron chi connectivity index (χ0n) is 9.84. The molecule has 0 heterocycles. The summed E-state index contributed by atoms with van der Waals surface area (Å²) >= 11 is 0. The van der Waals surface area contributed by atoms with Crippen LogP contribution < -0.4 is 5.73 Å². The zero-order valence-corrected chi connectivity index (χ0v) is 9.84. The molecule has 0 saturated heterocycles. The maximum Gasteiger partial charge on any atom is 0.194 e. The summed E-state index contributed by atoms with van der Waals surface area (Å²) in [5.74, 6) is -3.92. The normalized spacial score (nSPS) is 13.1. The van der Waals surface area contributed by atoms with Gasteiger partial charge in [0.1, 0.15) is 0 Å². The molecule has 0 aromatic heterocycles. The molecule has 17 heavy (non-hydrogen) atoms. The first kappa shape index (κ1) is 14.0. The Bertz CT molecular complexity index is 359. The van der Waals surface area contributed by atoms with Crippen molar-refractivity contribution in [1.82, 2.24) is 0 Å². The fourth-order valence-corrected chi connectivity index (χ4v) is 1.39. The summed E-state index contributed by atoms with van der Waals surface area (Å²) in [5.41, 5.74) is 5.96. The van der Waals surface area contributed by atoms with Gasteiger partial charge in [-0.05, 0) is 38.0 Å². The Morgan fingerprint density at radius 2 is 1.71 bits per heavy atom. The molecule has 5 heteroatoms. The fourth-order valence-electron chi connectivity index (χ4n) is 1.39. The summed E-state index contributed by atoms with van der Waals surface area (Å²) in [7, 11) is 0. The fraction of sp³-hybridized carbons (Fsp3) is 0.500. The quantitative estimate of drug-likeness (QED) is 0.812. The van der Waals surface area contributed by atoms with Crippen molar-refractivity contribution >= 4 is 0 Å². The molecular weight excluding hydrogens is 231 g/mol. The molecular formula is C12H16F3NO. The Balaban J connectivity index is 2.66. The van der Waals surface area contributed by atoms with E-state index in [1.807, 2.05) is 13.8 Å². The average molecular weight is 247 g/mol. The standard InChI is InChI=1S/C12H16F3NO/c1-7(2)17-4-3-11(16)8-5-9(13)12(15)10(14)6-8/h5-7,11H,3-4,16H2,1-2H3. The van der Waals surface area contributed by atoms with Gasteiger partial charge in [-0.15, -0.1) is 0 Å². The summed E-state index contributed by atoms with van der Waals surface area (Å²) in [4.78, 5) is 0. The lowest BCUT2D eigenvalue weighted by molar-refractivity contribution is 0.0736. The zero-order chi connectivity index (χ0) is 13.0. The van der Waals surface area contributed by atoms with Crippen molar-refractivity contribution < 1.29 is 17.9 Å². The molecule has 0 radical (unpaired) electrons. The van der Waals surface area contributed by atoms with E-state index in [1.54, 1.807) is 0 Å². The molecule has 1 atom stereocenters. The summed E-state index contributed by atoms with van der Waals surface area (Å²) < 4.78 is 43.9. The molecule has 2 nitrogen and oxygen atoms in total. The first-order valence-corrected chi connectivity index (χ1v) is 5.43. The highest BCUT2D eigenvalue weighted by Gasteiger charge is 2.14. The lowest BCUT2D eigenvalue weighted by atomic mass is 10.0. The monoisotopic (exact) mass is 247 g/mol. The summed E-state index contributed by atoms with van der Waals surface area (Å²) in [5, 5.41) is 0. The van der Waals surface area contributed by atoms with Crippen molar-refractivity contribution in [1.29, 1.82) is 0 Å². The van der Waals surface area contributed by atoms with Crippen LogP contribution in [0.2, 0.25) is 0 Å². The minimum atomic E-state index is -1.47. The molecule has 96 valence electrons. The molecule has 1 aromatic carbocycles. The van der Waals surface area contributed by atoms with E-state index in [-0.39, 0.29) is 11.7 Å². The average Bonchev–Trinajstić information content (AvgIpc) is 2.24. The van der Waals surface area contributed by atoms with Crippen LogP contribution in [0.15, 0.2) is 12.1 Å². The predicted molar refractivity (Wildman–Crippen MR) is 58.9 cm³/mol. The van der Waals surface area contributed by atoms with Crippen molar-refractivity contribution in [2.45, 2.75) is 32.4 Å². The second-order valence-corrected chi connectivity index (χ2v) is 4.11. The van der Waals surface area contributed by atoms with E-state index in [4.69, 9.17) is 10.5 Å². The second-order valence-electron chi connectivity index (χ2n) is 4.11. The Kier molecular flexibility index (Phi) is 4.96. The van der Waals surface area contributed by atoms with Crippen LogP contribution in [0.5, 0.6) is 0 Å². The molecule has 2 N–H and O–H groups in total. The first-order valence-electron chi connectivity index (χ1n) is 5.43. The van der Waals surface area contributed by atoms with E-state index >= 15 is 0 Å². The van der Waals surface area contributed by atoms with E-state index in [1.165, 1.54) is 0 Å². The Morgan fingerprint density at radius 1 is 1.18 bits per heavy atom. The topological polar surface area (TPSA) is 35.2 Å². The van der Waals surface area contributed by atoms with Gasteiger partial charge in [0, 0.05) is 12.6 Å². The van der Waals surface area contributed by atoms with Crippen molar-refractivity contribution in [2.75, 3.05) is 6.61 Å². The molecule has 1 rings (SSSR count). The molecule has 1 aromatic rings. The molecule has 0 bridgehead atoms. The van der Waals surface area contributed by atoms with E-state index in [9.17, 15) is 13.2 Å². The molecule has 0 aliphatic heterocycles. The lowest BCUT2D eigenvalue weighted by Gasteiger charge is -2.14. The van der Waals surface area contributed by atoms with Gasteiger partial charge >= 0.3 is 0 Å². The van der Waals surface area contributed by atoms with Crippen LogP contribution in [0.1, 0.15) is 31.9 Å². The van der Waals surface area contributed by atoms with Gasteiger partial charge in [0.15, 0.2) is 17.5 Å². The number of ether oxygens (including phenoxy) is 1. The maximum absolute atomic E-state index is 12.9. The lowest BCUT2D eigenvalue weighted by Crippen LogP contribution is -2.15. The summed E-state index contributed by atoms with van der Waals surface area (Å²) in [6.45, 7) is 4.14. The van der Waals surface area contributed by atoms with Crippen LogP contribution in [-0.2, 0) is 4.74 Å². The van der Waals surface area contributed by atoms with E-state index in [0.29, 0.717) is 13.0 Å². The Hall–Kier alpha value is -1.07. The first-order chi connectivity index (χ1) is 7.91. The van der Waals surface area contributed by atoms with Crippen LogP contribution in [0.3, 0.4) is 0 Å². The van der Waals surface area contributed by atoms with Crippen molar-refractivity contribution in [2.24, 2.45) is 5.73 Å².